The number of rotatable bonds is 4. The molecule has 0 amide bonds. The summed E-state index contributed by atoms with van der Waals surface area (Å²) in [4.78, 5) is 0. The second kappa shape index (κ2) is 5.25. The van der Waals surface area contributed by atoms with Gasteiger partial charge in [-0.2, -0.15) is 0 Å². The lowest BCUT2D eigenvalue weighted by molar-refractivity contribution is 0.0505. The molecule has 0 aliphatic carbocycles. The van der Waals surface area contributed by atoms with Crippen molar-refractivity contribution in [3.63, 3.8) is 0 Å². The molecule has 0 aliphatic heterocycles. The topological polar surface area (TPSA) is 18.5 Å². The van der Waals surface area contributed by atoms with E-state index in [-0.39, 0.29) is 0 Å². The molecule has 13 heavy (non-hydrogen) atoms. The quantitative estimate of drug-likeness (QED) is 0.599. The van der Waals surface area contributed by atoms with Gasteiger partial charge in [-0.1, -0.05) is 28.1 Å². The van der Waals surface area contributed by atoms with Crippen LogP contribution in [-0.2, 0) is 10.1 Å². The Morgan fingerprint density at radius 1 is 1.38 bits per heavy atom. The molecule has 72 valence electrons. The van der Waals surface area contributed by atoms with Crippen molar-refractivity contribution < 1.29 is 9.47 Å². The Labute approximate surface area is 87.0 Å². The fraction of sp³-hybridized carbons (Fsp3) is 0.400. The minimum absolute atomic E-state index is 0.295. The highest BCUT2D eigenvalue weighted by Crippen LogP contribution is 2.22. The zero-order chi connectivity index (χ0) is 9.68. The molecular formula is C10H13BrO2. The molecule has 0 fully saturated rings. The number of benzene rings is 1. The Kier molecular flexibility index (Phi) is 4.25. The highest BCUT2D eigenvalue weighted by Gasteiger charge is 2.01. The monoisotopic (exact) mass is 244 g/mol. The van der Waals surface area contributed by atoms with Gasteiger partial charge in [0.1, 0.15) is 5.75 Å². The molecule has 0 N–H and O–H groups in total. The molecule has 0 atom stereocenters. The molecule has 0 radical (unpaired) electrons. The summed E-state index contributed by atoms with van der Waals surface area (Å²) < 4.78 is 10.3. The Balaban J connectivity index is 2.81. The lowest BCUT2D eigenvalue weighted by atomic mass is 10.1. The summed E-state index contributed by atoms with van der Waals surface area (Å²) in [6.45, 7) is 2.33. The zero-order valence-electron chi connectivity index (χ0n) is 7.84. The average Bonchev–Trinajstić information content (AvgIpc) is 2.15. The summed E-state index contributed by atoms with van der Waals surface area (Å²) in [5.41, 5.74) is 2.33. The molecule has 0 heterocycles. The van der Waals surface area contributed by atoms with Gasteiger partial charge in [-0.3, -0.25) is 0 Å². The van der Waals surface area contributed by atoms with Crippen LogP contribution >= 0.6 is 15.9 Å². The van der Waals surface area contributed by atoms with Crippen LogP contribution in [0.4, 0.5) is 0 Å². The van der Waals surface area contributed by atoms with E-state index in [2.05, 4.69) is 28.1 Å². The molecule has 0 saturated carbocycles. The molecule has 3 heteroatoms. The number of halogens is 1. The van der Waals surface area contributed by atoms with Crippen molar-refractivity contribution in [3.05, 3.63) is 29.3 Å². The Morgan fingerprint density at radius 2 is 2.15 bits per heavy atom. The van der Waals surface area contributed by atoms with Crippen LogP contribution < -0.4 is 4.74 Å². The van der Waals surface area contributed by atoms with E-state index in [1.54, 1.807) is 7.11 Å². The molecule has 1 aromatic carbocycles. The molecule has 0 saturated heterocycles. The SMILES string of the molecule is COCOc1cc(C)ccc1CBr. The summed E-state index contributed by atoms with van der Waals surface area (Å²) in [5, 5.41) is 0.798. The van der Waals surface area contributed by atoms with Gasteiger partial charge in [-0.25, -0.2) is 0 Å². The van der Waals surface area contributed by atoms with E-state index in [1.807, 2.05) is 13.0 Å². The predicted molar refractivity (Wildman–Crippen MR) is 56.3 cm³/mol. The number of hydrogen-bond donors (Lipinski definition) is 0. The van der Waals surface area contributed by atoms with Crippen molar-refractivity contribution in [2.75, 3.05) is 13.9 Å². The maximum absolute atomic E-state index is 5.41. The van der Waals surface area contributed by atoms with Crippen LogP contribution in [0.15, 0.2) is 18.2 Å². The van der Waals surface area contributed by atoms with E-state index in [0.29, 0.717) is 6.79 Å². The van der Waals surface area contributed by atoms with Crippen LogP contribution in [0.1, 0.15) is 11.1 Å². The summed E-state index contributed by atoms with van der Waals surface area (Å²) >= 11 is 3.40. The highest BCUT2D eigenvalue weighted by molar-refractivity contribution is 9.08. The van der Waals surface area contributed by atoms with Gasteiger partial charge in [0.15, 0.2) is 6.79 Å². The minimum atomic E-state index is 0.295. The van der Waals surface area contributed by atoms with Crippen LogP contribution in [0.2, 0.25) is 0 Å². The van der Waals surface area contributed by atoms with Gasteiger partial charge in [0, 0.05) is 18.0 Å². The summed E-state index contributed by atoms with van der Waals surface area (Å²) in [7, 11) is 1.61. The molecule has 0 bridgehead atoms. The minimum Gasteiger partial charge on any atom is -0.467 e. The van der Waals surface area contributed by atoms with E-state index < -0.39 is 0 Å². The first-order valence-corrected chi connectivity index (χ1v) is 5.17. The first-order chi connectivity index (χ1) is 6.27. The van der Waals surface area contributed by atoms with Gasteiger partial charge in [0.25, 0.3) is 0 Å². The third-order valence-corrected chi connectivity index (χ3v) is 2.30. The van der Waals surface area contributed by atoms with Gasteiger partial charge >= 0.3 is 0 Å². The summed E-state index contributed by atoms with van der Waals surface area (Å²) in [5.74, 6) is 0.888. The van der Waals surface area contributed by atoms with Gasteiger partial charge in [-0.05, 0) is 18.6 Å². The largest absolute Gasteiger partial charge is 0.467 e. The predicted octanol–water partition coefficient (Wildman–Crippen LogP) is 2.87. The third kappa shape index (κ3) is 3.01. The van der Waals surface area contributed by atoms with Crippen molar-refractivity contribution in [2.24, 2.45) is 0 Å². The fourth-order valence-electron chi connectivity index (χ4n) is 1.03. The number of alkyl halides is 1. The second-order valence-electron chi connectivity index (χ2n) is 2.80. The van der Waals surface area contributed by atoms with Gasteiger partial charge < -0.3 is 9.47 Å². The first kappa shape index (κ1) is 10.5. The molecule has 1 rings (SSSR count). The Hall–Kier alpha value is -0.540. The highest BCUT2D eigenvalue weighted by atomic mass is 79.9. The number of aryl methyl sites for hydroxylation is 1. The summed E-state index contributed by atoms with van der Waals surface area (Å²) in [6.07, 6.45) is 0. The normalized spacial score (nSPS) is 10.1. The van der Waals surface area contributed by atoms with Crippen molar-refractivity contribution in [1.82, 2.24) is 0 Å². The van der Waals surface area contributed by atoms with E-state index >= 15 is 0 Å². The zero-order valence-corrected chi connectivity index (χ0v) is 9.43. The summed E-state index contributed by atoms with van der Waals surface area (Å²) in [6, 6.07) is 6.13. The van der Waals surface area contributed by atoms with Crippen LogP contribution in [0.3, 0.4) is 0 Å². The molecule has 0 spiro atoms. The van der Waals surface area contributed by atoms with Crippen molar-refractivity contribution >= 4 is 15.9 Å². The number of ether oxygens (including phenoxy) is 2. The number of methoxy groups -OCH3 is 1. The van der Waals surface area contributed by atoms with Crippen LogP contribution in [0, 0.1) is 6.92 Å². The van der Waals surface area contributed by atoms with Crippen molar-refractivity contribution in [3.8, 4) is 5.75 Å². The van der Waals surface area contributed by atoms with Gasteiger partial charge in [0.05, 0.1) is 0 Å². The van der Waals surface area contributed by atoms with E-state index in [4.69, 9.17) is 9.47 Å². The third-order valence-electron chi connectivity index (χ3n) is 1.70. The van der Waals surface area contributed by atoms with Crippen molar-refractivity contribution in [2.45, 2.75) is 12.3 Å². The van der Waals surface area contributed by atoms with Crippen LogP contribution in [0.25, 0.3) is 0 Å². The fourth-order valence-corrected chi connectivity index (χ4v) is 1.49. The molecular weight excluding hydrogens is 232 g/mol. The van der Waals surface area contributed by atoms with Crippen LogP contribution in [0.5, 0.6) is 5.75 Å². The lowest BCUT2D eigenvalue weighted by Gasteiger charge is -2.09. The smallest absolute Gasteiger partial charge is 0.188 e. The molecule has 0 unspecified atom stereocenters. The standard InChI is InChI=1S/C10H13BrO2/c1-8-3-4-9(6-11)10(5-8)13-7-12-2/h3-5H,6-7H2,1-2H3. The first-order valence-electron chi connectivity index (χ1n) is 4.05. The van der Waals surface area contributed by atoms with E-state index in [0.717, 1.165) is 16.6 Å². The molecule has 0 aromatic heterocycles. The van der Waals surface area contributed by atoms with Gasteiger partial charge in [0.2, 0.25) is 0 Å². The molecule has 0 aliphatic rings. The lowest BCUT2D eigenvalue weighted by Crippen LogP contribution is -2.01. The second-order valence-corrected chi connectivity index (χ2v) is 3.36. The maximum Gasteiger partial charge on any atom is 0.188 e. The molecule has 1 aromatic rings. The van der Waals surface area contributed by atoms with Crippen LogP contribution in [-0.4, -0.2) is 13.9 Å². The van der Waals surface area contributed by atoms with E-state index in [1.165, 1.54) is 5.56 Å². The number of hydrogen-bond acceptors (Lipinski definition) is 2. The maximum atomic E-state index is 5.41. The Morgan fingerprint density at radius 3 is 2.77 bits per heavy atom. The van der Waals surface area contributed by atoms with E-state index in [9.17, 15) is 0 Å². The average molecular weight is 245 g/mol. The van der Waals surface area contributed by atoms with Gasteiger partial charge in [-0.15, -0.1) is 0 Å². The van der Waals surface area contributed by atoms with Crippen molar-refractivity contribution in [1.29, 1.82) is 0 Å². The molecule has 2 nitrogen and oxygen atoms in total. The Bertz CT molecular complexity index is 274.